The number of halogens is 2. The largest absolute Gasteiger partial charge is 0.381 e. The third kappa shape index (κ3) is 2.62. The number of carbonyl (C=O) groups is 1. The van der Waals surface area contributed by atoms with E-state index in [0.717, 1.165) is 5.52 Å². The van der Waals surface area contributed by atoms with Crippen LogP contribution in [0.25, 0.3) is 22.2 Å². The van der Waals surface area contributed by atoms with Crippen LogP contribution in [0.4, 0.5) is 14.5 Å². The summed E-state index contributed by atoms with van der Waals surface area (Å²) >= 11 is 0. The number of nitrogens with zero attached hydrogens (tertiary/aromatic N) is 4. The lowest BCUT2D eigenvalue weighted by molar-refractivity contribution is -0.137. The number of aliphatic hydroxyl groups is 1. The van der Waals surface area contributed by atoms with Gasteiger partial charge in [-0.15, -0.1) is 0 Å². The number of H-pyrrole nitrogens is 1. The van der Waals surface area contributed by atoms with Crippen molar-refractivity contribution in [3.63, 3.8) is 0 Å². The standard InChI is InChI=1S/C20H15F2N5O2/c1-26-8-11(7-25-26)10-4-13(21)17(14(22)5-10)18-19(28)20(29)27(18)12-2-3-15-16(6-12)24-9-23-15/h2-9,18-19,28H,1H3,(H,23,24)/t18?,19-/m0/s1. The summed E-state index contributed by atoms with van der Waals surface area (Å²) in [6, 6.07) is 6.17. The van der Waals surface area contributed by atoms with Gasteiger partial charge in [0.05, 0.1) is 23.6 Å². The number of aromatic nitrogens is 4. The second kappa shape index (κ2) is 6.21. The molecule has 146 valence electrons. The van der Waals surface area contributed by atoms with Gasteiger partial charge in [-0.2, -0.15) is 5.10 Å². The van der Waals surface area contributed by atoms with Gasteiger partial charge >= 0.3 is 0 Å². The summed E-state index contributed by atoms with van der Waals surface area (Å²) in [6.07, 6.45) is 3.12. The number of anilines is 1. The van der Waals surface area contributed by atoms with Crippen LogP contribution in [0.1, 0.15) is 11.6 Å². The normalized spacial score (nSPS) is 19.0. The number of hydrogen-bond acceptors (Lipinski definition) is 4. The van der Waals surface area contributed by atoms with E-state index in [-0.39, 0.29) is 5.56 Å². The van der Waals surface area contributed by atoms with E-state index in [4.69, 9.17) is 0 Å². The number of imidazole rings is 1. The summed E-state index contributed by atoms with van der Waals surface area (Å²) in [5.41, 5.74) is 2.29. The highest BCUT2D eigenvalue weighted by Gasteiger charge is 2.50. The Hall–Kier alpha value is -3.59. The number of nitrogens with one attached hydrogen (secondary N) is 1. The predicted molar refractivity (Wildman–Crippen MR) is 101 cm³/mol. The van der Waals surface area contributed by atoms with Gasteiger partial charge in [0.15, 0.2) is 6.10 Å². The molecule has 9 heteroatoms. The average molecular weight is 395 g/mol. The molecule has 0 radical (unpaired) electrons. The molecule has 0 saturated carbocycles. The Morgan fingerprint density at radius 1 is 1.14 bits per heavy atom. The zero-order valence-electron chi connectivity index (χ0n) is 15.2. The summed E-state index contributed by atoms with van der Waals surface area (Å²) in [7, 11) is 1.70. The molecule has 2 atom stereocenters. The molecule has 2 N–H and O–H groups in total. The molecule has 1 aliphatic rings. The minimum Gasteiger partial charge on any atom is -0.381 e. The summed E-state index contributed by atoms with van der Waals surface area (Å²) in [4.78, 5) is 20.6. The molecule has 2 aromatic carbocycles. The molecule has 0 bridgehead atoms. The first-order valence-corrected chi connectivity index (χ1v) is 8.86. The third-order valence-electron chi connectivity index (χ3n) is 5.16. The minimum atomic E-state index is -1.53. The number of aliphatic hydroxyl groups excluding tert-OH is 1. The fourth-order valence-corrected chi connectivity index (χ4v) is 3.72. The van der Waals surface area contributed by atoms with Crippen LogP contribution in [0.2, 0.25) is 0 Å². The minimum absolute atomic E-state index is 0.321. The maximum atomic E-state index is 14.9. The van der Waals surface area contributed by atoms with Gasteiger partial charge in [0, 0.05) is 30.1 Å². The van der Waals surface area contributed by atoms with Gasteiger partial charge in [-0.25, -0.2) is 13.8 Å². The third-order valence-corrected chi connectivity index (χ3v) is 5.16. The highest BCUT2D eigenvalue weighted by atomic mass is 19.1. The van der Waals surface area contributed by atoms with Crippen LogP contribution in [-0.2, 0) is 11.8 Å². The zero-order valence-corrected chi connectivity index (χ0v) is 15.2. The Labute approximate surface area is 163 Å². The molecular weight excluding hydrogens is 380 g/mol. The Balaban J connectivity index is 1.57. The zero-order chi connectivity index (χ0) is 20.3. The van der Waals surface area contributed by atoms with E-state index in [1.165, 1.54) is 34.2 Å². The molecule has 29 heavy (non-hydrogen) atoms. The Morgan fingerprint density at radius 2 is 1.90 bits per heavy atom. The van der Waals surface area contributed by atoms with Crippen LogP contribution in [0.15, 0.2) is 49.1 Å². The van der Waals surface area contributed by atoms with Crippen molar-refractivity contribution in [1.82, 2.24) is 19.7 Å². The second-order valence-electron chi connectivity index (χ2n) is 6.96. The van der Waals surface area contributed by atoms with Crippen molar-refractivity contribution in [1.29, 1.82) is 0 Å². The summed E-state index contributed by atoms with van der Waals surface area (Å²) in [5, 5.41) is 14.2. The first kappa shape index (κ1) is 17.5. The molecule has 7 nitrogen and oxygen atoms in total. The maximum absolute atomic E-state index is 14.9. The maximum Gasteiger partial charge on any atom is 0.259 e. The van der Waals surface area contributed by atoms with Crippen molar-refractivity contribution in [3.8, 4) is 11.1 Å². The molecule has 1 fully saturated rings. The second-order valence-corrected chi connectivity index (χ2v) is 6.96. The molecule has 1 aliphatic heterocycles. The number of benzene rings is 2. The molecule has 1 saturated heterocycles. The Kier molecular flexibility index (Phi) is 3.75. The van der Waals surface area contributed by atoms with E-state index in [9.17, 15) is 18.7 Å². The molecule has 1 amide bonds. The van der Waals surface area contributed by atoms with E-state index in [2.05, 4.69) is 15.1 Å². The van der Waals surface area contributed by atoms with Crippen molar-refractivity contribution in [2.45, 2.75) is 12.1 Å². The first-order valence-electron chi connectivity index (χ1n) is 8.86. The van der Waals surface area contributed by atoms with E-state index in [0.29, 0.717) is 22.3 Å². The molecule has 4 aromatic rings. The number of amides is 1. The highest BCUT2D eigenvalue weighted by Crippen LogP contribution is 2.42. The first-order chi connectivity index (χ1) is 13.9. The van der Waals surface area contributed by atoms with E-state index < -0.39 is 29.7 Å². The number of hydrogen-bond donors (Lipinski definition) is 2. The molecule has 2 aromatic heterocycles. The molecular formula is C20H15F2N5O2. The van der Waals surface area contributed by atoms with Crippen molar-refractivity contribution in [3.05, 3.63) is 66.3 Å². The lowest BCUT2D eigenvalue weighted by Crippen LogP contribution is -2.59. The van der Waals surface area contributed by atoms with Crippen LogP contribution in [0.5, 0.6) is 0 Å². The van der Waals surface area contributed by atoms with Gasteiger partial charge in [-0.1, -0.05) is 0 Å². The number of aryl methyl sites for hydroxylation is 1. The molecule has 5 rings (SSSR count). The van der Waals surface area contributed by atoms with E-state index >= 15 is 0 Å². The monoisotopic (exact) mass is 395 g/mol. The summed E-state index contributed by atoms with van der Waals surface area (Å²) < 4.78 is 31.4. The van der Waals surface area contributed by atoms with E-state index in [1.54, 1.807) is 31.4 Å². The number of fused-ring (bicyclic) bond motifs is 1. The van der Waals surface area contributed by atoms with Crippen molar-refractivity contribution < 1.29 is 18.7 Å². The van der Waals surface area contributed by atoms with Crippen LogP contribution >= 0.6 is 0 Å². The number of β-lactam (4-membered cyclic amide) rings is 1. The van der Waals surface area contributed by atoms with Crippen LogP contribution in [-0.4, -0.2) is 36.9 Å². The van der Waals surface area contributed by atoms with Gasteiger partial charge in [-0.05, 0) is 35.9 Å². The highest BCUT2D eigenvalue weighted by molar-refractivity contribution is 6.05. The Morgan fingerprint density at radius 3 is 2.59 bits per heavy atom. The SMILES string of the molecule is Cn1cc(-c2cc(F)c(C3[C@H](O)C(=O)N3c3ccc4[nH]cnc4c3)c(F)c2)cn1. The number of rotatable bonds is 3. The molecule has 0 aliphatic carbocycles. The lowest BCUT2D eigenvalue weighted by Gasteiger charge is -2.44. The molecule has 3 heterocycles. The van der Waals surface area contributed by atoms with Crippen LogP contribution in [0.3, 0.4) is 0 Å². The van der Waals surface area contributed by atoms with Gasteiger partial charge in [0.25, 0.3) is 5.91 Å². The average Bonchev–Trinajstić information content (AvgIpc) is 3.34. The summed E-state index contributed by atoms with van der Waals surface area (Å²) in [6.45, 7) is 0. The predicted octanol–water partition coefficient (Wildman–Crippen LogP) is 2.69. The quantitative estimate of drug-likeness (QED) is 0.522. The fraction of sp³-hybridized carbons (Fsp3) is 0.150. The van der Waals surface area contributed by atoms with Gasteiger partial charge < -0.3 is 10.1 Å². The number of carbonyl (C=O) groups excluding carboxylic acids is 1. The van der Waals surface area contributed by atoms with Crippen molar-refractivity contribution in [2.75, 3.05) is 4.90 Å². The van der Waals surface area contributed by atoms with Crippen molar-refractivity contribution >= 4 is 22.6 Å². The van der Waals surface area contributed by atoms with Gasteiger partial charge in [0.2, 0.25) is 0 Å². The van der Waals surface area contributed by atoms with Crippen LogP contribution in [0, 0.1) is 11.6 Å². The van der Waals surface area contributed by atoms with Gasteiger partial charge in [0.1, 0.15) is 17.7 Å². The topological polar surface area (TPSA) is 87.0 Å². The fourth-order valence-electron chi connectivity index (χ4n) is 3.72. The lowest BCUT2D eigenvalue weighted by atomic mass is 9.88. The van der Waals surface area contributed by atoms with Gasteiger partial charge in [-0.3, -0.25) is 14.4 Å². The van der Waals surface area contributed by atoms with Crippen LogP contribution < -0.4 is 4.90 Å². The Bertz CT molecular complexity index is 1240. The molecule has 1 unspecified atom stereocenters. The van der Waals surface area contributed by atoms with E-state index in [1.807, 2.05) is 0 Å². The molecule has 0 spiro atoms. The smallest absolute Gasteiger partial charge is 0.259 e. The summed E-state index contributed by atoms with van der Waals surface area (Å²) in [5.74, 6) is -2.31. The number of aromatic amines is 1. The van der Waals surface area contributed by atoms with Crippen molar-refractivity contribution in [2.24, 2.45) is 7.05 Å².